The van der Waals surface area contributed by atoms with Crippen LogP contribution in [0.4, 0.5) is 4.39 Å². The van der Waals surface area contributed by atoms with Gasteiger partial charge in [0.15, 0.2) is 5.84 Å². The summed E-state index contributed by atoms with van der Waals surface area (Å²) in [6.07, 6.45) is 0. The van der Waals surface area contributed by atoms with Crippen molar-refractivity contribution in [2.24, 2.45) is 10.9 Å². The maximum absolute atomic E-state index is 13.0. The van der Waals surface area contributed by atoms with Crippen molar-refractivity contribution < 1.29 is 14.3 Å². The molecule has 104 valence electrons. The number of amidine groups is 1. The predicted octanol–water partition coefficient (Wildman–Crippen LogP) is 3.15. The molecule has 0 spiro atoms. The second-order valence-electron chi connectivity index (χ2n) is 4.05. The molecule has 0 aliphatic carbocycles. The first-order chi connectivity index (χ1) is 9.60. The second-order valence-corrected chi connectivity index (χ2v) is 4.46. The van der Waals surface area contributed by atoms with Crippen LogP contribution in [0.2, 0.25) is 5.02 Å². The van der Waals surface area contributed by atoms with Crippen molar-refractivity contribution in [3.05, 3.63) is 64.4 Å². The fraction of sp³-hybridized carbons (Fsp3) is 0.0714. The molecule has 0 amide bonds. The Morgan fingerprint density at radius 2 is 2.10 bits per heavy atom. The van der Waals surface area contributed by atoms with E-state index < -0.39 is 5.82 Å². The number of benzene rings is 2. The van der Waals surface area contributed by atoms with Gasteiger partial charge in [0.2, 0.25) is 0 Å². The number of oxime groups is 1. The van der Waals surface area contributed by atoms with E-state index in [0.717, 1.165) is 5.56 Å². The highest BCUT2D eigenvalue weighted by atomic mass is 35.5. The van der Waals surface area contributed by atoms with Gasteiger partial charge in [0.25, 0.3) is 0 Å². The standard InChI is InChI=1S/C14H12ClFN2O2/c15-12-6-9(4-5-13(12)16)8-20-11-3-1-2-10(7-11)14(17)18-19/h1-7,19H,8H2,(H2,17,18). The Hall–Kier alpha value is -2.27. The molecule has 20 heavy (non-hydrogen) atoms. The normalized spacial score (nSPS) is 11.4. The lowest BCUT2D eigenvalue weighted by molar-refractivity contribution is 0.306. The molecular formula is C14H12ClFN2O2. The van der Waals surface area contributed by atoms with E-state index >= 15 is 0 Å². The number of nitrogens with zero attached hydrogens (tertiary/aromatic N) is 1. The minimum absolute atomic E-state index is 0.000256. The summed E-state index contributed by atoms with van der Waals surface area (Å²) in [6.45, 7) is 0.236. The minimum atomic E-state index is -0.468. The zero-order valence-electron chi connectivity index (χ0n) is 10.4. The molecule has 0 saturated heterocycles. The SMILES string of the molecule is N/C(=N/O)c1cccc(OCc2ccc(F)c(Cl)c2)c1. The topological polar surface area (TPSA) is 67.8 Å². The third-order valence-corrected chi connectivity index (χ3v) is 2.92. The molecule has 0 aromatic heterocycles. The molecule has 0 radical (unpaired) electrons. The van der Waals surface area contributed by atoms with E-state index in [1.54, 1.807) is 30.3 Å². The lowest BCUT2D eigenvalue weighted by Gasteiger charge is -2.08. The lowest BCUT2D eigenvalue weighted by Crippen LogP contribution is -2.12. The van der Waals surface area contributed by atoms with Gasteiger partial charge in [0.05, 0.1) is 5.02 Å². The highest BCUT2D eigenvalue weighted by Gasteiger charge is 2.04. The van der Waals surface area contributed by atoms with E-state index in [0.29, 0.717) is 11.3 Å². The van der Waals surface area contributed by atoms with Crippen molar-refractivity contribution >= 4 is 17.4 Å². The van der Waals surface area contributed by atoms with Crippen molar-refractivity contribution in [1.82, 2.24) is 0 Å². The summed E-state index contributed by atoms with van der Waals surface area (Å²) in [7, 11) is 0. The van der Waals surface area contributed by atoms with Gasteiger partial charge in [0, 0.05) is 5.56 Å². The molecule has 6 heteroatoms. The third-order valence-electron chi connectivity index (χ3n) is 2.63. The first-order valence-electron chi connectivity index (χ1n) is 5.75. The van der Waals surface area contributed by atoms with Gasteiger partial charge in [-0.3, -0.25) is 0 Å². The molecule has 0 aliphatic heterocycles. The first kappa shape index (κ1) is 14.1. The van der Waals surface area contributed by atoms with Crippen molar-refractivity contribution in [3.63, 3.8) is 0 Å². The van der Waals surface area contributed by atoms with E-state index in [1.165, 1.54) is 12.1 Å². The second kappa shape index (κ2) is 6.25. The van der Waals surface area contributed by atoms with E-state index in [-0.39, 0.29) is 17.5 Å². The van der Waals surface area contributed by atoms with Gasteiger partial charge in [-0.15, -0.1) is 0 Å². The number of ether oxygens (including phenoxy) is 1. The van der Waals surface area contributed by atoms with Gasteiger partial charge in [0.1, 0.15) is 18.2 Å². The van der Waals surface area contributed by atoms with Gasteiger partial charge < -0.3 is 15.7 Å². The summed E-state index contributed by atoms with van der Waals surface area (Å²) in [4.78, 5) is 0. The van der Waals surface area contributed by atoms with Gasteiger partial charge in [-0.1, -0.05) is 35.0 Å². The molecule has 3 N–H and O–H groups in total. The largest absolute Gasteiger partial charge is 0.489 e. The van der Waals surface area contributed by atoms with Crippen molar-refractivity contribution in [2.45, 2.75) is 6.61 Å². The highest BCUT2D eigenvalue weighted by molar-refractivity contribution is 6.30. The molecule has 0 heterocycles. The van der Waals surface area contributed by atoms with E-state index in [2.05, 4.69) is 5.16 Å². The number of hydrogen-bond acceptors (Lipinski definition) is 3. The van der Waals surface area contributed by atoms with Crippen molar-refractivity contribution in [1.29, 1.82) is 0 Å². The van der Waals surface area contributed by atoms with Crippen LogP contribution in [-0.2, 0) is 6.61 Å². The summed E-state index contributed by atoms with van der Waals surface area (Å²) >= 11 is 5.69. The first-order valence-corrected chi connectivity index (χ1v) is 6.12. The molecular weight excluding hydrogens is 283 g/mol. The maximum Gasteiger partial charge on any atom is 0.170 e. The summed E-state index contributed by atoms with van der Waals surface area (Å²) in [5.74, 6) is 0.0826. The lowest BCUT2D eigenvalue weighted by atomic mass is 10.2. The van der Waals surface area contributed by atoms with Crippen LogP contribution >= 0.6 is 11.6 Å². The highest BCUT2D eigenvalue weighted by Crippen LogP contribution is 2.19. The third kappa shape index (κ3) is 3.39. The average Bonchev–Trinajstić information content (AvgIpc) is 2.48. The zero-order chi connectivity index (χ0) is 14.5. The smallest absolute Gasteiger partial charge is 0.170 e. The maximum atomic E-state index is 13.0. The Labute approximate surface area is 120 Å². The van der Waals surface area contributed by atoms with Crippen LogP contribution in [0.5, 0.6) is 5.75 Å². The van der Waals surface area contributed by atoms with Gasteiger partial charge in [-0.05, 0) is 29.8 Å². The average molecular weight is 295 g/mol. The van der Waals surface area contributed by atoms with Crippen LogP contribution in [-0.4, -0.2) is 11.0 Å². The predicted molar refractivity (Wildman–Crippen MR) is 74.7 cm³/mol. The molecule has 0 aliphatic rings. The Morgan fingerprint density at radius 1 is 1.30 bits per heavy atom. The van der Waals surface area contributed by atoms with Gasteiger partial charge >= 0.3 is 0 Å². The molecule has 2 rings (SSSR count). The quantitative estimate of drug-likeness (QED) is 0.394. The summed E-state index contributed by atoms with van der Waals surface area (Å²) < 4.78 is 18.6. The summed E-state index contributed by atoms with van der Waals surface area (Å²) in [5, 5.41) is 11.6. The summed E-state index contributed by atoms with van der Waals surface area (Å²) in [6, 6.07) is 11.2. The molecule has 0 unspecified atom stereocenters. The van der Waals surface area contributed by atoms with Crippen LogP contribution in [0.1, 0.15) is 11.1 Å². The molecule has 0 atom stereocenters. The van der Waals surface area contributed by atoms with Gasteiger partial charge in [-0.2, -0.15) is 0 Å². The Balaban J connectivity index is 2.09. The van der Waals surface area contributed by atoms with Gasteiger partial charge in [-0.25, -0.2) is 4.39 Å². The van der Waals surface area contributed by atoms with Crippen LogP contribution in [0, 0.1) is 5.82 Å². The molecule has 2 aromatic rings. The van der Waals surface area contributed by atoms with Crippen molar-refractivity contribution in [2.75, 3.05) is 0 Å². The Bertz CT molecular complexity index is 647. The molecule has 4 nitrogen and oxygen atoms in total. The Kier molecular flexibility index (Phi) is 4.42. The molecule has 2 aromatic carbocycles. The summed E-state index contributed by atoms with van der Waals surface area (Å²) in [5.41, 5.74) is 6.78. The fourth-order valence-corrected chi connectivity index (χ4v) is 1.80. The van der Waals surface area contributed by atoms with Crippen LogP contribution < -0.4 is 10.5 Å². The number of nitrogens with two attached hydrogens (primary N) is 1. The van der Waals surface area contributed by atoms with Crippen LogP contribution in [0.25, 0.3) is 0 Å². The fourth-order valence-electron chi connectivity index (χ4n) is 1.60. The minimum Gasteiger partial charge on any atom is -0.489 e. The molecule has 0 bridgehead atoms. The van der Waals surface area contributed by atoms with E-state index in [1.807, 2.05) is 0 Å². The van der Waals surface area contributed by atoms with E-state index in [4.69, 9.17) is 27.3 Å². The van der Waals surface area contributed by atoms with Crippen LogP contribution in [0.15, 0.2) is 47.6 Å². The van der Waals surface area contributed by atoms with Crippen LogP contribution in [0.3, 0.4) is 0 Å². The Morgan fingerprint density at radius 3 is 2.80 bits per heavy atom. The monoisotopic (exact) mass is 294 g/mol. The van der Waals surface area contributed by atoms with E-state index in [9.17, 15) is 4.39 Å². The number of halogens is 2. The van der Waals surface area contributed by atoms with Crippen molar-refractivity contribution in [3.8, 4) is 5.75 Å². The number of hydrogen-bond donors (Lipinski definition) is 2. The zero-order valence-corrected chi connectivity index (χ0v) is 11.1. The molecule has 0 saturated carbocycles. The molecule has 0 fully saturated rings. The number of rotatable bonds is 4.